The largest absolute Gasteiger partial charge is 0.379 e. The zero-order chi connectivity index (χ0) is 20.5. The highest BCUT2D eigenvalue weighted by Gasteiger charge is 1.96. The molecule has 6 heteroatoms. The van der Waals surface area contributed by atoms with Crippen LogP contribution in [0.2, 0.25) is 0 Å². The third-order valence-electron chi connectivity index (χ3n) is 2.85. The van der Waals surface area contributed by atoms with Crippen LogP contribution in [0.3, 0.4) is 0 Å². The normalized spacial score (nSPS) is 9.85. The quantitative estimate of drug-likeness (QED) is 0.414. The van der Waals surface area contributed by atoms with Gasteiger partial charge in [-0.3, -0.25) is 4.79 Å². The molecule has 0 saturated carbocycles. The third-order valence-corrected chi connectivity index (χ3v) is 2.85. The predicted molar refractivity (Wildman–Crippen MR) is 109 cm³/mol. The summed E-state index contributed by atoms with van der Waals surface area (Å²) < 4.78 is 21.5. The first kappa shape index (κ1) is 30.1. The van der Waals surface area contributed by atoms with E-state index in [9.17, 15) is 4.79 Å². The van der Waals surface area contributed by atoms with Crippen molar-refractivity contribution in [3.8, 4) is 0 Å². The maximum Gasteiger partial charge on any atom is 0.219 e. The molecule has 0 radical (unpaired) electrons. The highest BCUT2D eigenvalue weighted by atomic mass is 16.6. The first-order chi connectivity index (χ1) is 12.7. The molecule has 0 fully saturated rings. The van der Waals surface area contributed by atoms with Gasteiger partial charge in [-0.2, -0.15) is 0 Å². The summed E-state index contributed by atoms with van der Waals surface area (Å²) in [6, 6.07) is 0. The van der Waals surface area contributed by atoms with E-state index in [1.165, 1.54) is 0 Å². The van der Waals surface area contributed by atoms with Crippen molar-refractivity contribution in [1.29, 1.82) is 0 Å². The van der Waals surface area contributed by atoms with Crippen LogP contribution < -0.4 is 5.32 Å². The van der Waals surface area contributed by atoms with E-state index in [2.05, 4.69) is 19.2 Å². The lowest BCUT2D eigenvalue weighted by molar-refractivity contribution is -0.121. The summed E-state index contributed by atoms with van der Waals surface area (Å²) in [7, 11) is 0. The molecule has 0 bridgehead atoms. The molecule has 0 heterocycles. The van der Waals surface area contributed by atoms with Crippen molar-refractivity contribution in [2.24, 2.45) is 5.92 Å². The van der Waals surface area contributed by atoms with Crippen LogP contribution in [0.15, 0.2) is 0 Å². The Labute approximate surface area is 162 Å². The van der Waals surface area contributed by atoms with Crippen LogP contribution in [0, 0.1) is 5.92 Å². The average Bonchev–Trinajstić information content (AvgIpc) is 2.67. The number of rotatable bonds is 16. The van der Waals surface area contributed by atoms with E-state index in [1.807, 2.05) is 34.6 Å². The molecule has 1 N–H and O–H groups in total. The summed E-state index contributed by atoms with van der Waals surface area (Å²) in [5.41, 5.74) is 0. The summed E-state index contributed by atoms with van der Waals surface area (Å²) in [6.45, 7) is 19.5. The fourth-order valence-corrected chi connectivity index (χ4v) is 1.47. The predicted octanol–water partition coefficient (Wildman–Crippen LogP) is 3.68. The Bertz CT molecular complexity index is 250. The van der Waals surface area contributed by atoms with E-state index >= 15 is 0 Å². The Hall–Kier alpha value is -0.690. The van der Waals surface area contributed by atoms with Crippen molar-refractivity contribution in [2.45, 2.75) is 61.3 Å². The lowest BCUT2D eigenvalue weighted by Crippen LogP contribution is -2.26. The number of hydrogen-bond donors (Lipinski definition) is 1. The Morgan fingerprint density at radius 1 is 0.731 bits per heavy atom. The Morgan fingerprint density at radius 2 is 1.12 bits per heavy atom. The van der Waals surface area contributed by atoms with Gasteiger partial charge in [-0.25, -0.2) is 0 Å². The van der Waals surface area contributed by atoms with Crippen molar-refractivity contribution in [3.63, 3.8) is 0 Å². The van der Waals surface area contributed by atoms with E-state index in [0.29, 0.717) is 65.1 Å². The fourth-order valence-electron chi connectivity index (χ4n) is 1.47. The molecular weight excluding hydrogens is 334 g/mol. The first-order valence-corrected chi connectivity index (χ1v) is 10.2. The van der Waals surface area contributed by atoms with Gasteiger partial charge in [-0.1, -0.05) is 48.5 Å². The molecule has 0 spiro atoms. The van der Waals surface area contributed by atoms with Crippen molar-refractivity contribution < 1.29 is 23.7 Å². The molecule has 0 aromatic heterocycles. The standard InChI is InChI=1S/C16H33NO5.2C2H6/c1-4-16(18)17-6-8-20-10-12-22-14-13-21-11-9-19-7-5-15(2)3;2*1-2/h15H,4-14H2,1-3H3,(H,17,18);2*1-2H3. The van der Waals surface area contributed by atoms with Crippen LogP contribution in [0.5, 0.6) is 0 Å². The molecule has 0 aliphatic rings. The van der Waals surface area contributed by atoms with Crippen molar-refractivity contribution in [1.82, 2.24) is 5.32 Å². The van der Waals surface area contributed by atoms with Gasteiger partial charge in [-0.05, 0) is 12.3 Å². The van der Waals surface area contributed by atoms with E-state index < -0.39 is 0 Å². The van der Waals surface area contributed by atoms with Crippen molar-refractivity contribution in [3.05, 3.63) is 0 Å². The number of carbonyl (C=O) groups is 1. The van der Waals surface area contributed by atoms with Crippen LogP contribution in [0.25, 0.3) is 0 Å². The van der Waals surface area contributed by atoms with Gasteiger partial charge in [0.2, 0.25) is 5.91 Å². The van der Waals surface area contributed by atoms with Crippen LogP contribution in [-0.2, 0) is 23.7 Å². The Morgan fingerprint density at radius 3 is 1.50 bits per heavy atom. The number of nitrogens with one attached hydrogen (secondary N) is 1. The molecule has 0 aromatic rings. The van der Waals surface area contributed by atoms with Gasteiger partial charge in [-0.15, -0.1) is 0 Å². The summed E-state index contributed by atoms with van der Waals surface area (Å²) in [4.78, 5) is 10.9. The van der Waals surface area contributed by atoms with E-state index in [4.69, 9.17) is 18.9 Å². The maximum atomic E-state index is 10.9. The molecule has 0 aliphatic heterocycles. The van der Waals surface area contributed by atoms with Crippen LogP contribution in [0.1, 0.15) is 61.3 Å². The average molecular weight is 380 g/mol. The molecule has 0 rings (SSSR count). The molecule has 160 valence electrons. The van der Waals surface area contributed by atoms with Crippen molar-refractivity contribution >= 4 is 5.91 Å². The van der Waals surface area contributed by atoms with Gasteiger partial charge in [0.05, 0.1) is 46.2 Å². The third kappa shape index (κ3) is 31.1. The fraction of sp³-hybridized carbons (Fsp3) is 0.950. The second-order valence-corrected chi connectivity index (χ2v) is 5.34. The maximum absolute atomic E-state index is 10.9. The van der Waals surface area contributed by atoms with E-state index in [1.54, 1.807) is 0 Å². The summed E-state index contributed by atoms with van der Waals surface area (Å²) in [5.74, 6) is 0.727. The number of hydrogen-bond acceptors (Lipinski definition) is 5. The van der Waals surface area contributed by atoms with Gasteiger partial charge in [0.25, 0.3) is 0 Å². The minimum absolute atomic E-state index is 0.0465. The Kier molecular flexibility index (Phi) is 33.6. The highest BCUT2D eigenvalue weighted by molar-refractivity contribution is 5.75. The molecular formula is C20H45NO5. The monoisotopic (exact) mass is 379 g/mol. The molecule has 6 nitrogen and oxygen atoms in total. The lowest BCUT2D eigenvalue weighted by Gasteiger charge is -2.08. The topological polar surface area (TPSA) is 66.0 Å². The summed E-state index contributed by atoms with van der Waals surface area (Å²) in [5, 5.41) is 2.74. The molecule has 0 unspecified atom stereocenters. The summed E-state index contributed by atoms with van der Waals surface area (Å²) in [6.07, 6.45) is 1.59. The second-order valence-electron chi connectivity index (χ2n) is 5.34. The van der Waals surface area contributed by atoms with Gasteiger partial charge in [0.15, 0.2) is 0 Å². The van der Waals surface area contributed by atoms with Crippen LogP contribution in [0.4, 0.5) is 0 Å². The molecule has 0 saturated heterocycles. The minimum Gasteiger partial charge on any atom is -0.379 e. The number of ether oxygens (including phenoxy) is 4. The van der Waals surface area contributed by atoms with Gasteiger partial charge >= 0.3 is 0 Å². The van der Waals surface area contributed by atoms with Crippen LogP contribution >= 0.6 is 0 Å². The zero-order valence-corrected chi connectivity index (χ0v) is 18.4. The SMILES string of the molecule is CC.CC.CCC(=O)NCCOCCOCCOCCOCCC(C)C. The van der Waals surface area contributed by atoms with Crippen molar-refractivity contribution in [2.75, 3.05) is 59.4 Å². The van der Waals surface area contributed by atoms with Gasteiger partial charge in [0, 0.05) is 19.6 Å². The molecule has 0 aromatic carbocycles. The Balaban J connectivity index is -0.00000123. The molecule has 0 aliphatic carbocycles. The molecule has 1 amide bonds. The van der Waals surface area contributed by atoms with Gasteiger partial charge < -0.3 is 24.3 Å². The highest BCUT2D eigenvalue weighted by Crippen LogP contribution is 1.98. The molecule has 0 atom stereocenters. The number of amides is 1. The minimum atomic E-state index is 0.0465. The molecule has 26 heavy (non-hydrogen) atoms. The second kappa shape index (κ2) is 29.1. The van der Waals surface area contributed by atoms with Gasteiger partial charge in [0.1, 0.15) is 0 Å². The first-order valence-electron chi connectivity index (χ1n) is 10.2. The lowest BCUT2D eigenvalue weighted by atomic mass is 10.1. The smallest absolute Gasteiger partial charge is 0.219 e. The van der Waals surface area contributed by atoms with Crippen LogP contribution in [-0.4, -0.2) is 65.3 Å². The number of carbonyl (C=O) groups excluding carboxylic acids is 1. The zero-order valence-electron chi connectivity index (χ0n) is 18.4. The summed E-state index contributed by atoms with van der Waals surface area (Å²) >= 11 is 0. The van der Waals surface area contributed by atoms with E-state index in [-0.39, 0.29) is 5.91 Å². The van der Waals surface area contributed by atoms with E-state index in [0.717, 1.165) is 13.0 Å².